The van der Waals surface area contributed by atoms with Gasteiger partial charge in [-0.3, -0.25) is 9.78 Å². The van der Waals surface area contributed by atoms with Gasteiger partial charge in [0.05, 0.1) is 17.0 Å². The van der Waals surface area contributed by atoms with Crippen LogP contribution in [0.1, 0.15) is 61.6 Å². The Bertz CT molecular complexity index is 1180. The Morgan fingerprint density at radius 1 is 1.40 bits per heavy atom. The normalized spacial score (nSPS) is 15.9. The molecule has 1 amide bonds. The number of carbonyl (C=O) groups excluding carboxylic acids is 1. The van der Waals surface area contributed by atoms with Crippen molar-refractivity contribution in [1.82, 2.24) is 15.3 Å². The van der Waals surface area contributed by atoms with E-state index in [1.165, 1.54) is 6.20 Å². The van der Waals surface area contributed by atoms with Gasteiger partial charge in [0, 0.05) is 43.0 Å². The van der Waals surface area contributed by atoms with Gasteiger partial charge in [-0.1, -0.05) is 25.6 Å². The van der Waals surface area contributed by atoms with Crippen LogP contribution in [0.5, 0.6) is 0 Å². The highest BCUT2D eigenvalue weighted by atomic mass is 32.1. The van der Waals surface area contributed by atoms with Crippen LogP contribution >= 0.6 is 12.2 Å². The van der Waals surface area contributed by atoms with Crippen LogP contribution in [0, 0.1) is 16.0 Å². The van der Waals surface area contributed by atoms with Gasteiger partial charge in [0.15, 0.2) is 0 Å². The molecule has 1 unspecified atom stereocenters. The molecule has 10 heteroatoms. The molecule has 2 aromatic heterocycles. The number of hydrogen-bond acceptors (Lipinski definition) is 8. The van der Waals surface area contributed by atoms with Crippen molar-refractivity contribution in [2.75, 3.05) is 24.5 Å². The molecular formula is C25H33N7O2S. The summed E-state index contributed by atoms with van der Waals surface area (Å²) in [6.07, 6.45) is 4.24. The number of H-pyrrole nitrogens is 1. The SMILES string of the molecule is CCCc1cc(N2CCC(NCC(O)c3ccc(C#N)cn3)CC2)[nH]c(=S)c1/C(N)=C(\C)C(N)=O. The Kier molecular flexibility index (Phi) is 8.98. The number of amides is 1. The standard InChI is InChI=1S/C25H33N7O2S/c1-3-4-17-11-21(31-25(35)22(17)23(27)15(2)24(28)34)32-9-7-18(8-10-32)29-14-20(33)19-6-5-16(12-26)13-30-19/h5-6,11,13,18,20,29,33H,3-4,7-10,14,27H2,1-2H3,(H2,28,34)(H,31,35)/b23-15-. The third-order valence-corrected chi connectivity index (χ3v) is 6.66. The van der Waals surface area contributed by atoms with Gasteiger partial charge in [-0.25, -0.2) is 0 Å². The van der Waals surface area contributed by atoms with Gasteiger partial charge in [-0.2, -0.15) is 5.26 Å². The molecule has 1 atom stereocenters. The molecule has 3 heterocycles. The monoisotopic (exact) mass is 495 g/mol. The lowest BCUT2D eigenvalue weighted by Gasteiger charge is -2.34. The Hall–Kier alpha value is -3.26. The molecule has 0 saturated carbocycles. The summed E-state index contributed by atoms with van der Waals surface area (Å²) in [4.78, 5) is 21.4. The highest BCUT2D eigenvalue weighted by Crippen LogP contribution is 2.27. The first kappa shape index (κ1) is 26.3. The summed E-state index contributed by atoms with van der Waals surface area (Å²) in [5.74, 6) is 0.380. The largest absolute Gasteiger partial charge is 0.398 e. The van der Waals surface area contributed by atoms with Crippen LogP contribution in [0.25, 0.3) is 5.70 Å². The number of aliphatic hydroxyl groups is 1. The second kappa shape index (κ2) is 11.9. The number of nitrogens with zero attached hydrogens (tertiary/aromatic N) is 3. The lowest BCUT2D eigenvalue weighted by atomic mass is 9.99. The molecule has 2 aromatic rings. The van der Waals surface area contributed by atoms with E-state index in [-0.39, 0.29) is 6.04 Å². The van der Waals surface area contributed by atoms with Crippen molar-refractivity contribution < 1.29 is 9.90 Å². The Balaban J connectivity index is 1.65. The van der Waals surface area contributed by atoms with E-state index in [0.29, 0.717) is 39.3 Å². The molecule has 1 aliphatic heterocycles. The fourth-order valence-electron chi connectivity index (χ4n) is 4.23. The molecule has 7 N–H and O–H groups in total. The van der Waals surface area contributed by atoms with E-state index < -0.39 is 12.0 Å². The van der Waals surface area contributed by atoms with Gasteiger partial charge < -0.3 is 31.8 Å². The lowest BCUT2D eigenvalue weighted by Crippen LogP contribution is -2.44. The summed E-state index contributed by atoms with van der Waals surface area (Å²) < 4.78 is 0.502. The van der Waals surface area contributed by atoms with E-state index in [9.17, 15) is 9.90 Å². The molecule has 0 spiro atoms. The number of aromatic nitrogens is 2. The van der Waals surface area contributed by atoms with Crippen LogP contribution in [0.15, 0.2) is 30.0 Å². The predicted octanol–water partition coefficient (Wildman–Crippen LogP) is 2.43. The fourth-order valence-corrected chi connectivity index (χ4v) is 4.57. The molecule has 0 aromatic carbocycles. The summed E-state index contributed by atoms with van der Waals surface area (Å²) in [6, 6.07) is 7.71. The number of nitriles is 1. The fraction of sp³-hybridized carbons (Fsp3) is 0.440. The molecular weight excluding hydrogens is 462 g/mol. The van der Waals surface area contributed by atoms with Crippen molar-refractivity contribution in [2.45, 2.75) is 51.7 Å². The Labute approximate surface area is 210 Å². The van der Waals surface area contributed by atoms with Gasteiger partial charge in [0.25, 0.3) is 0 Å². The van der Waals surface area contributed by atoms with E-state index in [1.54, 1.807) is 19.1 Å². The summed E-state index contributed by atoms with van der Waals surface area (Å²) in [7, 11) is 0. The van der Waals surface area contributed by atoms with Crippen molar-refractivity contribution in [3.63, 3.8) is 0 Å². The number of rotatable bonds is 9. The molecule has 0 bridgehead atoms. The number of anilines is 1. The highest BCUT2D eigenvalue weighted by Gasteiger charge is 2.22. The van der Waals surface area contributed by atoms with E-state index >= 15 is 0 Å². The molecule has 35 heavy (non-hydrogen) atoms. The summed E-state index contributed by atoms with van der Waals surface area (Å²) in [5, 5.41) is 22.7. The zero-order valence-corrected chi connectivity index (χ0v) is 21.0. The molecule has 0 radical (unpaired) electrons. The molecule has 0 aliphatic carbocycles. The van der Waals surface area contributed by atoms with E-state index in [0.717, 1.165) is 50.2 Å². The van der Waals surface area contributed by atoms with Gasteiger partial charge >= 0.3 is 0 Å². The number of aromatic amines is 1. The van der Waals surface area contributed by atoms with Gasteiger partial charge in [-0.15, -0.1) is 0 Å². The van der Waals surface area contributed by atoms with E-state index in [4.69, 9.17) is 28.9 Å². The highest BCUT2D eigenvalue weighted by molar-refractivity contribution is 7.71. The smallest absolute Gasteiger partial charge is 0.246 e. The van der Waals surface area contributed by atoms with E-state index in [1.807, 2.05) is 6.07 Å². The van der Waals surface area contributed by atoms with E-state index in [2.05, 4.69) is 33.2 Å². The first-order chi connectivity index (χ1) is 16.7. The molecule has 186 valence electrons. The second-order valence-electron chi connectivity index (χ2n) is 8.81. The summed E-state index contributed by atoms with van der Waals surface area (Å²) >= 11 is 5.64. The maximum atomic E-state index is 11.6. The van der Waals surface area contributed by atoms with Gasteiger partial charge in [-0.05, 0) is 49.9 Å². The minimum absolute atomic E-state index is 0.272. The molecule has 1 fully saturated rings. The number of primary amides is 1. The van der Waals surface area contributed by atoms with Crippen LogP contribution in [0.2, 0.25) is 0 Å². The van der Waals surface area contributed by atoms with Crippen LogP contribution in [0.4, 0.5) is 5.82 Å². The van der Waals surface area contributed by atoms with Crippen molar-refractivity contribution in [2.24, 2.45) is 11.5 Å². The number of carbonyl (C=O) groups is 1. The maximum absolute atomic E-state index is 11.6. The summed E-state index contributed by atoms with van der Waals surface area (Å²) in [5.41, 5.74) is 15.0. The quantitative estimate of drug-likeness (QED) is 0.262. The second-order valence-corrected chi connectivity index (χ2v) is 9.21. The number of nitrogens with two attached hydrogens (primary N) is 2. The van der Waals surface area contributed by atoms with Crippen LogP contribution in [-0.2, 0) is 11.2 Å². The number of aliphatic hydroxyl groups excluding tert-OH is 1. The third kappa shape index (κ3) is 6.45. The zero-order chi connectivity index (χ0) is 25.5. The zero-order valence-electron chi connectivity index (χ0n) is 20.2. The molecule has 1 aliphatic rings. The summed E-state index contributed by atoms with van der Waals surface area (Å²) in [6.45, 7) is 5.74. The first-order valence-corrected chi connectivity index (χ1v) is 12.2. The van der Waals surface area contributed by atoms with Gasteiger partial charge in [0.2, 0.25) is 5.91 Å². The average molecular weight is 496 g/mol. The topological polar surface area (TPSA) is 157 Å². The minimum Gasteiger partial charge on any atom is -0.398 e. The van der Waals surface area contributed by atoms with Crippen molar-refractivity contribution >= 4 is 29.6 Å². The number of pyridine rings is 2. The van der Waals surface area contributed by atoms with Crippen molar-refractivity contribution in [3.8, 4) is 6.07 Å². The maximum Gasteiger partial charge on any atom is 0.246 e. The average Bonchev–Trinajstić information content (AvgIpc) is 2.86. The number of hydrogen-bond donors (Lipinski definition) is 5. The van der Waals surface area contributed by atoms with Gasteiger partial charge in [0.1, 0.15) is 22.6 Å². The number of nitrogens with one attached hydrogen (secondary N) is 2. The first-order valence-electron chi connectivity index (χ1n) is 11.8. The molecule has 1 saturated heterocycles. The number of aryl methyl sites for hydroxylation is 1. The minimum atomic E-state index is -0.733. The Morgan fingerprint density at radius 2 is 2.11 bits per heavy atom. The number of piperidine rings is 1. The third-order valence-electron chi connectivity index (χ3n) is 6.36. The lowest BCUT2D eigenvalue weighted by molar-refractivity contribution is -0.114. The van der Waals surface area contributed by atoms with Crippen LogP contribution < -0.4 is 21.7 Å². The van der Waals surface area contributed by atoms with Crippen molar-refractivity contribution in [1.29, 1.82) is 5.26 Å². The Morgan fingerprint density at radius 3 is 2.69 bits per heavy atom. The molecule has 3 rings (SSSR count). The molecule has 9 nitrogen and oxygen atoms in total. The van der Waals surface area contributed by atoms with Crippen LogP contribution in [0.3, 0.4) is 0 Å². The van der Waals surface area contributed by atoms with Crippen LogP contribution in [-0.4, -0.2) is 46.7 Å². The predicted molar refractivity (Wildman–Crippen MR) is 139 cm³/mol. The van der Waals surface area contributed by atoms with Crippen molar-refractivity contribution in [3.05, 3.63) is 57.0 Å².